The third kappa shape index (κ3) is 3.90. The minimum absolute atomic E-state index is 0.181. The summed E-state index contributed by atoms with van der Waals surface area (Å²) in [5, 5.41) is 4.83. The summed E-state index contributed by atoms with van der Waals surface area (Å²) in [6.07, 6.45) is 9.09. The van der Waals surface area contributed by atoms with Gasteiger partial charge in [-0.3, -0.25) is 19.4 Å². The number of hydrogen-bond acceptors (Lipinski definition) is 4. The summed E-state index contributed by atoms with van der Waals surface area (Å²) < 4.78 is 1.98. The summed E-state index contributed by atoms with van der Waals surface area (Å²) in [4.78, 5) is 22.0. The van der Waals surface area contributed by atoms with Crippen LogP contribution in [0.1, 0.15) is 59.9 Å². The summed E-state index contributed by atoms with van der Waals surface area (Å²) in [6.45, 7) is 7.35. The number of piperidine rings is 1. The minimum atomic E-state index is 0.181. The first kappa shape index (κ1) is 18.2. The number of fused-ring (bicyclic) bond motifs is 1. The lowest BCUT2D eigenvalue weighted by Gasteiger charge is -2.29. The number of aromatic nitrogens is 3. The fraction of sp³-hybridized carbons (Fsp3) is 0.571. The lowest BCUT2D eigenvalue weighted by molar-refractivity contribution is 0.0708. The first-order chi connectivity index (χ1) is 13.3. The molecule has 2 aliphatic rings. The average Bonchev–Trinajstić information content (AvgIpc) is 3.06. The largest absolute Gasteiger partial charge is 0.337 e. The van der Waals surface area contributed by atoms with Crippen LogP contribution in [-0.2, 0) is 26.1 Å². The molecule has 4 rings (SSSR count). The first-order valence-electron chi connectivity index (χ1n) is 10.3. The lowest BCUT2D eigenvalue weighted by atomic mass is 10.0. The molecule has 6 heteroatoms. The van der Waals surface area contributed by atoms with Gasteiger partial charge >= 0.3 is 0 Å². The van der Waals surface area contributed by atoms with Gasteiger partial charge in [0.05, 0.1) is 5.69 Å². The van der Waals surface area contributed by atoms with E-state index in [-0.39, 0.29) is 5.91 Å². The van der Waals surface area contributed by atoms with Gasteiger partial charge in [-0.05, 0) is 37.3 Å². The summed E-state index contributed by atoms with van der Waals surface area (Å²) in [6, 6.07) is 4.10. The van der Waals surface area contributed by atoms with Crippen molar-refractivity contribution < 1.29 is 4.79 Å². The van der Waals surface area contributed by atoms with Crippen molar-refractivity contribution >= 4 is 5.91 Å². The van der Waals surface area contributed by atoms with E-state index in [0.29, 0.717) is 0 Å². The molecule has 2 aromatic rings. The topological polar surface area (TPSA) is 54.3 Å². The number of likely N-dealkylation sites (tertiary alicyclic amines) is 1. The van der Waals surface area contributed by atoms with Crippen LogP contribution in [0, 0.1) is 0 Å². The van der Waals surface area contributed by atoms with Gasteiger partial charge in [0, 0.05) is 63.6 Å². The summed E-state index contributed by atoms with van der Waals surface area (Å²) in [5.41, 5.74) is 4.32. The van der Waals surface area contributed by atoms with E-state index in [1.54, 1.807) is 0 Å². The van der Waals surface area contributed by atoms with Crippen LogP contribution in [-0.4, -0.2) is 50.1 Å². The van der Waals surface area contributed by atoms with Crippen LogP contribution in [0.15, 0.2) is 24.5 Å². The third-order valence-electron chi connectivity index (χ3n) is 5.59. The van der Waals surface area contributed by atoms with Gasteiger partial charge in [0.1, 0.15) is 5.69 Å². The molecule has 1 saturated heterocycles. The van der Waals surface area contributed by atoms with Gasteiger partial charge in [0.2, 0.25) is 0 Å². The Hall–Kier alpha value is -2.21. The Morgan fingerprint density at radius 3 is 2.78 bits per heavy atom. The SMILES string of the molecule is CCCn1nc2c(c1C(=O)N1CCCCC1)CN(Cc1cccnc1)CC2. The Bertz CT molecular complexity index is 779. The highest BCUT2D eigenvalue weighted by molar-refractivity contribution is 5.94. The zero-order chi connectivity index (χ0) is 18.6. The van der Waals surface area contributed by atoms with Crippen LogP contribution in [0.25, 0.3) is 0 Å². The van der Waals surface area contributed by atoms with Crippen molar-refractivity contribution in [1.29, 1.82) is 0 Å². The normalized spacial score (nSPS) is 17.7. The molecule has 4 heterocycles. The van der Waals surface area contributed by atoms with Crippen LogP contribution in [0.3, 0.4) is 0 Å². The highest BCUT2D eigenvalue weighted by atomic mass is 16.2. The smallest absolute Gasteiger partial charge is 0.272 e. The molecule has 0 atom stereocenters. The molecule has 0 saturated carbocycles. The highest BCUT2D eigenvalue weighted by Gasteiger charge is 2.31. The van der Waals surface area contributed by atoms with Crippen molar-refractivity contribution in [3.63, 3.8) is 0 Å². The zero-order valence-electron chi connectivity index (χ0n) is 16.2. The first-order valence-corrected chi connectivity index (χ1v) is 10.3. The van der Waals surface area contributed by atoms with Crippen molar-refractivity contribution in [1.82, 2.24) is 24.6 Å². The van der Waals surface area contributed by atoms with Crippen LogP contribution < -0.4 is 0 Å². The second kappa shape index (κ2) is 8.21. The van der Waals surface area contributed by atoms with Gasteiger partial charge in [-0.15, -0.1) is 0 Å². The number of aryl methyl sites for hydroxylation is 1. The molecular formula is C21H29N5O. The summed E-state index contributed by atoms with van der Waals surface area (Å²) >= 11 is 0. The maximum absolute atomic E-state index is 13.3. The molecular weight excluding hydrogens is 338 g/mol. The Kier molecular flexibility index (Phi) is 5.53. The predicted molar refractivity (Wildman–Crippen MR) is 104 cm³/mol. The Balaban J connectivity index is 1.59. The van der Waals surface area contributed by atoms with Crippen molar-refractivity contribution in [3.8, 4) is 0 Å². The molecule has 6 nitrogen and oxygen atoms in total. The fourth-order valence-corrected chi connectivity index (χ4v) is 4.23. The Labute approximate surface area is 161 Å². The van der Waals surface area contributed by atoms with E-state index in [1.165, 1.54) is 12.0 Å². The van der Waals surface area contributed by atoms with Crippen LogP contribution in [0.2, 0.25) is 0 Å². The highest BCUT2D eigenvalue weighted by Crippen LogP contribution is 2.26. The van der Waals surface area contributed by atoms with Gasteiger partial charge in [0.25, 0.3) is 5.91 Å². The average molecular weight is 367 g/mol. The fourth-order valence-electron chi connectivity index (χ4n) is 4.23. The maximum Gasteiger partial charge on any atom is 0.272 e. The number of pyridine rings is 1. The number of carbonyl (C=O) groups excluding carboxylic acids is 1. The summed E-state index contributed by atoms with van der Waals surface area (Å²) in [5.74, 6) is 0.181. The van der Waals surface area contributed by atoms with Crippen LogP contribution >= 0.6 is 0 Å². The molecule has 2 aromatic heterocycles. The van der Waals surface area contributed by atoms with E-state index in [1.807, 2.05) is 28.0 Å². The monoisotopic (exact) mass is 367 g/mol. The van der Waals surface area contributed by atoms with E-state index in [2.05, 4.69) is 22.9 Å². The van der Waals surface area contributed by atoms with E-state index in [0.717, 1.165) is 81.9 Å². The quantitative estimate of drug-likeness (QED) is 0.815. The molecule has 0 spiro atoms. The Morgan fingerprint density at radius 1 is 1.19 bits per heavy atom. The Morgan fingerprint density at radius 2 is 2.04 bits per heavy atom. The zero-order valence-corrected chi connectivity index (χ0v) is 16.2. The van der Waals surface area contributed by atoms with Crippen molar-refractivity contribution in [3.05, 3.63) is 47.0 Å². The molecule has 27 heavy (non-hydrogen) atoms. The molecule has 0 aliphatic carbocycles. The molecule has 2 aliphatic heterocycles. The van der Waals surface area contributed by atoms with E-state index >= 15 is 0 Å². The maximum atomic E-state index is 13.3. The van der Waals surface area contributed by atoms with Gasteiger partial charge < -0.3 is 4.90 Å². The number of rotatable bonds is 5. The standard InChI is InChI=1S/C21H29N5O/c1-2-10-26-20(21(27)25-11-4-3-5-12-25)18-16-24(13-8-19(18)23-26)15-17-7-6-9-22-14-17/h6-7,9,14H,2-5,8,10-13,15-16H2,1H3. The van der Waals surface area contributed by atoms with Crippen molar-refractivity contribution in [2.24, 2.45) is 0 Å². The molecule has 0 bridgehead atoms. The van der Waals surface area contributed by atoms with Gasteiger partial charge in [0.15, 0.2) is 0 Å². The number of nitrogens with zero attached hydrogens (tertiary/aromatic N) is 5. The van der Waals surface area contributed by atoms with Crippen LogP contribution in [0.4, 0.5) is 0 Å². The predicted octanol–water partition coefficient (Wildman–Crippen LogP) is 2.87. The molecule has 144 valence electrons. The van der Waals surface area contributed by atoms with Crippen molar-refractivity contribution in [2.45, 2.75) is 58.7 Å². The molecule has 1 fully saturated rings. The summed E-state index contributed by atoms with van der Waals surface area (Å²) in [7, 11) is 0. The number of hydrogen-bond donors (Lipinski definition) is 0. The second-order valence-corrected chi connectivity index (χ2v) is 7.67. The number of amides is 1. The van der Waals surface area contributed by atoms with Gasteiger partial charge in [-0.1, -0.05) is 13.0 Å². The van der Waals surface area contributed by atoms with Gasteiger partial charge in [-0.2, -0.15) is 5.10 Å². The van der Waals surface area contributed by atoms with Gasteiger partial charge in [-0.25, -0.2) is 0 Å². The molecule has 0 aromatic carbocycles. The van der Waals surface area contributed by atoms with Crippen molar-refractivity contribution in [2.75, 3.05) is 19.6 Å². The van der Waals surface area contributed by atoms with E-state index in [9.17, 15) is 4.79 Å². The molecule has 0 N–H and O–H groups in total. The van der Waals surface area contributed by atoms with E-state index < -0.39 is 0 Å². The third-order valence-corrected chi connectivity index (χ3v) is 5.59. The van der Waals surface area contributed by atoms with E-state index in [4.69, 9.17) is 5.10 Å². The molecule has 0 unspecified atom stereocenters. The second-order valence-electron chi connectivity index (χ2n) is 7.67. The van der Waals surface area contributed by atoms with Crippen LogP contribution in [0.5, 0.6) is 0 Å². The molecule has 0 radical (unpaired) electrons. The molecule has 1 amide bonds. The lowest BCUT2D eigenvalue weighted by Crippen LogP contribution is -2.38. The minimum Gasteiger partial charge on any atom is -0.337 e. The number of carbonyl (C=O) groups is 1.